The van der Waals surface area contributed by atoms with Crippen LogP contribution in [0.5, 0.6) is 0 Å². The van der Waals surface area contributed by atoms with Crippen LogP contribution in [-0.2, 0) is 25.7 Å². The van der Waals surface area contributed by atoms with E-state index < -0.39 is 5.97 Å². The first-order valence-corrected chi connectivity index (χ1v) is 9.36. The maximum absolute atomic E-state index is 12.2. The molecule has 138 valence electrons. The lowest BCUT2D eigenvalue weighted by Crippen LogP contribution is -2.37. The number of amides is 1. The van der Waals surface area contributed by atoms with Crippen molar-refractivity contribution in [3.05, 3.63) is 47.2 Å². The molecule has 0 aromatic heterocycles. The van der Waals surface area contributed by atoms with Gasteiger partial charge in [0.25, 0.3) is 0 Å². The van der Waals surface area contributed by atoms with Gasteiger partial charge in [0, 0.05) is 25.1 Å². The first-order valence-electron chi connectivity index (χ1n) is 9.36. The van der Waals surface area contributed by atoms with E-state index in [1.165, 1.54) is 12.0 Å². The normalized spacial score (nSPS) is 17.1. The number of esters is 1. The average Bonchev–Trinajstić information content (AvgIpc) is 2.66. The number of ether oxygens (including phenoxy) is 1. The van der Waals surface area contributed by atoms with Gasteiger partial charge < -0.3 is 9.64 Å². The lowest BCUT2D eigenvalue weighted by Gasteiger charge is -2.34. The molecular weight excluding hydrogens is 330 g/mol. The molecule has 0 fully saturated rings. The van der Waals surface area contributed by atoms with Crippen LogP contribution < -0.4 is 0 Å². The third-order valence-corrected chi connectivity index (χ3v) is 5.02. The van der Waals surface area contributed by atoms with Gasteiger partial charge in [-0.3, -0.25) is 14.4 Å². The van der Waals surface area contributed by atoms with Gasteiger partial charge in [-0.25, -0.2) is 0 Å². The number of nitrogens with zero attached hydrogens (tertiary/aromatic N) is 1. The second kappa shape index (κ2) is 8.79. The molecule has 0 saturated carbocycles. The van der Waals surface area contributed by atoms with E-state index in [1.807, 2.05) is 30.3 Å². The highest BCUT2D eigenvalue weighted by Gasteiger charge is 2.28. The molecule has 1 aromatic rings. The monoisotopic (exact) mass is 355 g/mol. The molecule has 3 rings (SSSR count). The Hall–Kier alpha value is -2.43. The summed E-state index contributed by atoms with van der Waals surface area (Å²) in [4.78, 5) is 38.0. The number of benzene rings is 1. The molecule has 1 heterocycles. The predicted molar refractivity (Wildman–Crippen MR) is 96.9 cm³/mol. The van der Waals surface area contributed by atoms with E-state index in [4.69, 9.17) is 4.74 Å². The second-order valence-electron chi connectivity index (χ2n) is 6.91. The molecule has 1 aliphatic carbocycles. The van der Waals surface area contributed by atoms with E-state index in [9.17, 15) is 14.4 Å². The molecule has 1 aliphatic heterocycles. The van der Waals surface area contributed by atoms with Gasteiger partial charge in [-0.15, -0.1) is 0 Å². The summed E-state index contributed by atoms with van der Waals surface area (Å²) in [6.45, 7) is 0.552. The molecule has 0 N–H and O–H groups in total. The van der Waals surface area contributed by atoms with Gasteiger partial charge in [0.2, 0.25) is 5.91 Å². The number of ketones is 1. The molecule has 5 nitrogen and oxygen atoms in total. The van der Waals surface area contributed by atoms with Crippen LogP contribution in [0.15, 0.2) is 41.6 Å². The number of carbonyl (C=O) groups excluding carboxylic acids is 3. The maximum atomic E-state index is 12.2. The van der Waals surface area contributed by atoms with Crippen molar-refractivity contribution in [2.45, 2.75) is 58.0 Å². The molecule has 0 saturated heterocycles. The van der Waals surface area contributed by atoms with Crippen molar-refractivity contribution in [1.29, 1.82) is 0 Å². The largest absolute Gasteiger partial charge is 0.460 e. The number of carbonyl (C=O) groups is 3. The molecule has 1 aromatic carbocycles. The summed E-state index contributed by atoms with van der Waals surface area (Å²) in [6, 6.07) is 9.37. The molecule has 2 aliphatic rings. The summed E-state index contributed by atoms with van der Waals surface area (Å²) in [7, 11) is 0. The minimum absolute atomic E-state index is 0.102. The quantitative estimate of drug-likeness (QED) is 0.554. The summed E-state index contributed by atoms with van der Waals surface area (Å²) in [6.07, 6.45) is 5.64. The molecule has 0 radical (unpaired) electrons. The van der Waals surface area contributed by atoms with Gasteiger partial charge in [-0.05, 0) is 37.7 Å². The number of Topliss-reactive ketones (excluding diaryl/α,β-unsaturated/α-hetero) is 1. The first kappa shape index (κ1) is 18.4. The summed E-state index contributed by atoms with van der Waals surface area (Å²) in [5, 5.41) is 0. The van der Waals surface area contributed by atoms with Crippen LogP contribution in [-0.4, -0.2) is 29.1 Å². The molecule has 0 atom stereocenters. The highest BCUT2D eigenvalue weighted by Crippen LogP contribution is 2.34. The van der Waals surface area contributed by atoms with Gasteiger partial charge in [-0.2, -0.15) is 0 Å². The zero-order chi connectivity index (χ0) is 18.4. The van der Waals surface area contributed by atoms with E-state index in [1.54, 1.807) is 4.90 Å². The third-order valence-electron chi connectivity index (χ3n) is 5.02. The Bertz CT molecular complexity index is 708. The fourth-order valence-corrected chi connectivity index (χ4v) is 3.62. The summed E-state index contributed by atoms with van der Waals surface area (Å²) in [5.41, 5.74) is 3.40. The fraction of sp³-hybridized carbons (Fsp3) is 0.476. The van der Waals surface area contributed by atoms with Crippen molar-refractivity contribution in [3.8, 4) is 0 Å². The Labute approximate surface area is 154 Å². The Balaban J connectivity index is 1.46. The average molecular weight is 355 g/mol. The third kappa shape index (κ3) is 4.81. The van der Waals surface area contributed by atoms with E-state index in [0.717, 1.165) is 36.9 Å². The van der Waals surface area contributed by atoms with Gasteiger partial charge in [-0.1, -0.05) is 35.9 Å². The molecular formula is C21H25NO4. The van der Waals surface area contributed by atoms with Gasteiger partial charge >= 0.3 is 5.97 Å². The van der Waals surface area contributed by atoms with Crippen LogP contribution in [0.3, 0.4) is 0 Å². The lowest BCUT2D eigenvalue weighted by molar-refractivity contribution is -0.147. The van der Waals surface area contributed by atoms with Crippen molar-refractivity contribution in [3.63, 3.8) is 0 Å². The zero-order valence-electron chi connectivity index (χ0n) is 15.0. The van der Waals surface area contributed by atoms with Crippen LogP contribution in [0.1, 0.15) is 56.9 Å². The van der Waals surface area contributed by atoms with Gasteiger partial charge in [0.1, 0.15) is 18.8 Å². The molecule has 0 unspecified atom stereocenters. The molecule has 0 bridgehead atoms. The van der Waals surface area contributed by atoms with Crippen molar-refractivity contribution in [2.24, 2.45) is 0 Å². The number of hydrogen-bond donors (Lipinski definition) is 0. The van der Waals surface area contributed by atoms with E-state index in [2.05, 4.69) is 0 Å². The van der Waals surface area contributed by atoms with Crippen LogP contribution in [0, 0.1) is 0 Å². The van der Waals surface area contributed by atoms with Crippen molar-refractivity contribution in [1.82, 2.24) is 4.90 Å². The maximum Gasteiger partial charge on any atom is 0.313 e. The van der Waals surface area contributed by atoms with E-state index in [0.29, 0.717) is 13.0 Å². The standard InChI is InChI=1S/C21H25NO4/c23-18(14-21(25)26-15-16-6-2-1-3-7-16)12-13-22-19-9-5-4-8-17(19)10-11-20(22)24/h1-3,6-7H,4-5,8-15H2. The number of hydrogen-bond acceptors (Lipinski definition) is 4. The predicted octanol–water partition coefficient (Wildman–Crippen LogP) is 3.53. The topological polar surface area (TPSA) is 63.7 Å². The van der Waals surface area contributed by atoms with Crippen molar-refractivity contribution < 1.29 is 19.1 Å². The SMILES string of the molecule is O=C(CCN1C(=O)CCC2=C1CCCC2)CC(=O)OCc1ccccc1. The van der Waals surface area contributed by atoms with E-state index >= 15 is 0 Å². The molecule has 26 heavy (non-hydrogen) atoms. The van der Waals surface area contributed by atoms with Gasteiger partial charge in [0.05, 0.1) is 0 Å². The van der Waals surface area contributed by atoms with Crippen molar-refractivity contribution in [2.75, 3.05) is 6.54 Å². The highest BCUT2D eigenvalue weighted by molar-refractivity contribution is 5.95. The number of allylic oxidation sites excluding steroid dienone is 2. The molecule has 5 heteroatoms. The minimum atomic E-state index is -0.513. The Morgan fingerprint density at radius 2 is 1.77 bits per heavy atom. The zero-order valence-corrected chi connectivity index (χ0v) is 15.0. The molecule has 1 amide bonds. The van der Waals surface area contributed by atoms with Gasteiger partial charge in [0.15, 0.2) is 0 Å². The summed E-state index contributed by atoms with van der Waals surface area (Å²) in [5.74, 6) is -0.592. The lowest BCUT2D eigenvalue weighted by atomic mass is 9.89. The van der Waals surface area contributed by atoms with Crippen molar-refractivity contribution >= 4 is 17.7 Å². The smallest absolute Gasteiger partial charge is 0.313 e. The summed E-state index contributed by atoms with van der Waals surface area (Å²) < 4.78 is 5.15. The Kier molecular flexibility index (Phi) is 6.21. The van der Waals surface area contributed by atoms with Crippen LogP contribution >= 0.6 is 0 Å². The van der Waals surface area contributed by atoms with Crippen LogP contribution in [0.2, 0.25) is 0 Å². The van der Waals surface area contributed by atoms with Crippen LogP contribution in [0.25, 0.3) is 0 Å². The Morgan fingerprint density at radius 3 is 2.58 bits per heavy atom. The number of rotatable bonds is 7. The Morgan fingerprint density at radius 1 is 1.00 bits per heavy atom. The fourth-order valence-electron chi connectivity index (χ4n) is 3.62. The summed E-state index contributed by atoms with van der Waals surface area (Å²) >= 11 is 0. The highest BCUT2D eigenvalue weighted by atomic mass is 16.5. The minimum Gasteiger partial charge on any atom is -0.460 e. The second-order valence-corrected chi connectivity index (χ2v) is 6.91. The molecule has 0 spiro atoms. The first-order chi connectivity index (χ1) is 12.6. The van der Waals surface area contributed by atoms with E-state index in [-0.39, 0.29) is 31.1 Å². The van der Waals surface area contributed by atoms with Crippen LogP contribution in [0.4, 0.5) is 0 Å².